The molecule has 0 aliphatic carbocycles. The molecule has 2 N–H and O–H groups in total. The SMILES string of the molecule is c1ccc(C2NC(c3ccccc3-n3c4cc5ccccc5cc4c4c(-n5c6ccccc6c6ccccc65)cccc43)=NC(c3cccc4ccccc34)=[NH+]2)cc1. The van der Waals surface area contributed by atoms with Crippen LogP contribution in [0.25, 0.3) is 76.5 Å². The molecular weight excluding hydrogens is 707 g/mol. The molecule has 1 aliphatic rings. The van der Waals surface area contributed by atoms with Crippen LogP contribution >= 0.6 is 0 Å². The van der Waals surface area contributed by atoms with Gasteiger partial charge >= 0.3 is 5.84 Å². The highest BCUT2D eigenvalue weighted by molar-refractivity contribution is 6.20. The van der Waals surface area contributed by atoms with Crippen LogP contribution in [0.3, 0.4) is 0 Å². The van der Waals surface area contributed by atoms with Crippen LogP contribution in [-0.4, -0.2) is 20.8 Å². The Kier molecular flexibility index (Phi) is 7.23. The van der Waals surface area contributed by atoms with E-state index in [0.717, 1.165) is 56.2 Å². The quantitative estimate of drug-likeness (QED) is 0.181. The molecule has 2 aromatic heterocycles. The Morgan fingerprint density at radius 2 is 0.966 bits per heavy atom. The first-order chi connectivity index (χ1) is 28.8. The summed E-state index contributed by atoms with van der Waals surface area (Å²) in [6, 6.07) is 71.9. The van der Waals surface area contributed by atoms with Gasteiger partial charge in [-0.25, -0.2) is 4.99 Å². The minimum absolute atomic E-state index is 0.209. The number of nitrogens with one attached hydrogen (secondary N) is 2. The third kappa shape index (κ3) is 4.97. The number of para-hydroxylation sites is 3. The van der Waals surface area contributed by atoms with Gasteiger partial charge in [0.1, 0.15) is 0 Å². The first kappa shape index (κ1) is 32.5. The zero-order chi connectivity index (χ0) is 38.2. The van der Waals surface area contributed by atoms with Gasteiger partial charge < -0.3 is 14.5 Å². The first-order valence-electron chi connectivity index (χ1n) is 19.8. The third-order valence-electron chi connectivity index (χ3n) is 11.8. The van der Waals surface area contributed by atoms with Crippen LogP contribution in [0, 0.1) is 0 Å². The number of rotatable bonds is 5. The number of aromatic nitrogens is 2. The minimum atomic E-state index is -0.209. The highest BCUT2D eigenvalue weighted by atomic mass is 15.2. The van der Waals surface area contributed by atoms with Crippen molar-refractivity contribution in [3.63, 3.8) is 0 Å². The van der Waals surface area contributed by atoms with Gasteiger partial charge in [0, 0.05) is 27.1 Å². The van der Waals surface area contributed by atoms with Gasteiger partial charge in [0.15, 0.2) is 6.17 Å². The monoisotopic (exact) mass is 742 g/mol. The van der Waals surface area contributed by atoms with Crippen LogP contribution in [0.1, 0.15) is 22.9 Å². The van der Waals surface area contributed by atoms with Crippen molar-refractivity contribution in [2.75, 3.05) is 0 Å². The molecule has 0 spiro atoms. The van der Waals surface area contributed by atoms with E-state index in [-0.39, 0.29) is 6.17 Å². The van der Waals surface area contributed by atoms with Gasteiger partial charge in [0.05, 0.1) is 44.6 Å². The molecule has 58 heavy (non-hydrogen) atoms. The molecule has 12 rings (SSSR count). The number of amidine groups is 2. The van der Waals surface area contributed by atoms with E-state index in [1.54, 1.807) is 0 Å². The summed E-state index contributed by atoms with van der Waals surface area (Å²) in [5, 5.41) is 13.5. The molecule has 9 aromatic carbocycles. The summed E-state index contributed by atoms with van der Waals surface area (Å²) >= 11 is 0. The maximum Gasteiger partial charge on any atom is 0.328 e. The second-order valence-corrected chi connectivity index (χ2v) is 15.1. The molecule has 0 bridgehead atoms. The molecular formula is C53H36N5+. The Bertz CT molecular complexity index is 3440. The molecule has 5 heteroatoms. The summed E-state index contributed by atoms with van der Waals surface area (Å²) in [6.45, 7) is 0. The van der Waals surface area contributed by atoms with Crippen LogP contribution in [0.2, 0.25) is 0 Å². The standard InChI is InChI=1S/C53H35N5/c1-2-17-35(18-3-1)51-54-52(41-26-14-21-34-16-6-7-22-38(34)41)56-53(55-51)42-25-10-13-29-46(42)58-48-31-15-30-47(50(48)43-32-36-19-4-5-20-37(36)33-49(43)58)57-44-27-11-8-23-39(44)40-24-9-12-28-45(40)57/h1-33,51H,(H,54,55,56)/p+1. The number of hydrogen-bond donors (Lipinski definition) is 2. The lowest BCUT2D eigenvalue weighted by atomic mass is 10.0. The topological polar surface area (TPSA) is 48.2 Å². The van der Waals surface area contributed by atoms with E-state index in [2.05, 4.69) is 220 Å². The van der Waals surface area contributed by atoms with Crippen LogP contribution in [0.4, 0.5) is 0 Å². The largest absolute Gasteiger partial charge is 0.328 e. The molecule has 0 fully saturated rings. The fourth-order valence-electron chi connectivity index (χ4n) is 9.24. The molecule has 11 aromatic rings. The predicted molar refractivity (Wildman–Crippen MR) is 241 cm³/mol. The maximum absolute atomic E-state index is 5.45. The number of benzene rings is 9. The van der Waals surface area contributed by atoms with Crippen molar-refractivity contribution in [3.8, 4) is 11.4 Å². The fraction of sp³-hybridized carbons (Fsp3) is 0.0189. The molecule has 0 saturated heterocycles. The molecule has 0 amide bonds. The summed E-state index contributed by atoms with van der Waals surface area (Å²) in [5.74, 6) is 1.64. The molecule has 0 saturated carbocycles. The van der Waals surface area contributed by atoms with Gasteiger partial charge in [-0.15, -0.1) is 0 Å². The number of hydrogen-bond acceptors (Lipinski definition) is 2. The Morgan fingerprint density at radius 1 is 0.414 bits per heavy atom. The first-order valence-corrected chi connectivity index (χ1v) is 19.8. The van der Waals surface area contributed by atoms with Crippen molar-refractivity contribution in [2.24, 2.45) is 4.99 Å². The van der Waals surface area contributed by atoms with E-state index in [4.69, 9.17) is 4.99 Å². The smallest absolute Gasteiger partial charge is 0.309 e. The van der Waals surface area contributed by atoms with Crippen molar-refractivity contribution in [1.29, 1.82) is 0 Å². The Labute approximate surface area is 334 Å². The molecule has 1 aliphatic heterocycles. The summed E-state index contributed by atoms with van der Waals surface area (Å²) in [6.07, 6.45) is -0.209. The normalized spacial score (nSPS) is 14.4. The van der Waals surface area contributed by atoms with E-state index in [0.29, 0.717) is 0 Å². The molecule has 0 radical (unpaired) electrons. The van der Waals surface area contributed by atoms with Crippen molar-refractivity contribution in [2.45, 2.75) is 6.17 Å². The van der Waals surface area contributed by atoms with Gasteiger partial charge in [-0.2, -0.15) is 0 Å². The lowest BCUT2D eigenvalue weighted by molar-refractivity contribution is -0.516. The predicted octanol–water partition coefficient (Wildman–Crippen LogP) is 10.8. The van der Waals surface area contributed by atoms with E-state index >= 15 is 0 Å². The zero-order valence-corrected chi connectivity index (χ0v) is 31.5. The second-order valence-electron chi connectivity index (χ2n) is 15.1. The fourth-order valence-corrected chi connectivity index (χ4v) is 9.24. The lowest BCUT2D eigenvalue weighted by Gasteiger charge is -2.20. The number of fused-ring (bicyclic) bond motifs is 8. The van der Waals surface area contributed by atoms with Crippen molar-refractivity contribution < 1.29 is 4.99 Å². The van der Waals surface area contributed by atoms with Crippen LogP contribution in [-0.2, 0) is 0 Å². The Morgan fingerprint density at radius 3 is 1.76 bits per heavy atom. The van der Waals surface area contributed by atoms with Crippen molar-refractivity contribution in [3.05, 3.63) is 217 Å². The van der Waals surface area contributed by atoms with Crippen LogP contribution in [0.15, 0.2) is 205 Å². The Hall–Kier alpha value is -7.76. The van der Waals surface area contributed by atoms with E-state index in [9.17, 15) is 0 Å². The van der Waals surface area contributed by atoms with Gasteiger partial charge in [-0.3, -0.25) is 0 Å². The number of nitrogens with zero attached hydrogens (tertiary/aromatic N) is 3. The summed E-state index contributed by atoms with van der Waals surface area (Å²) in [7, 11) is 0. The minimum Gasteiger partial charge on any atom is -0.309 e. The maximum atomic E-state index is 5.45. The summed E-state index contributed by atoms with van der Waals surface area (Å²) < 4.78 is 4.90. The average Bonchev–Trinajstić information content (AvgIpc) is 3.80. The van der Waals surface area contributed by atoms with E-state index < -0.39 is 0 Å². The van der Waals surface area contributed by atoms with Gasteiger partial charge in [0.25, 0.3) is 5.84 Å². The second kappa shape index (κ2) is 12.9. The lowest BCUT2D eigenvalue weighted by Crippen LogP contribution is -2.80. The molecule has 5 nitrogen and oxygen atoms in total. The highest BCUT2D eigenvalue weighted by Gasteiger charge is 2.31. The van der Waals surface area contributed by atoms with Crippen LogP contribution < -0.4 is 10.3 Å². The third-order valence-corrected chi connectivity index (χ3v) is 11.8. The highest BCUT2D eigenvalue weighted by Crippen LogP contribution is 2.41. The van der Waals surface area contributed by atoms with E-state index in [1.165, 1.54) is 48.7 Å². The number of aliphatic imine (C=N–C) groups is 1. The van der Waals surface area contributed by atoms with Crippen molar-refractivity contribution >= 4 is 76.8 Å². The van der Waals surface area contributed by atoms with Gasteiger partial charge in [-0.05, 0) is 81.1 Å². The zero-order valence-electron chi connectivity index (χ0n) is 31.5. The molecule has 3 heterocycles. The molecule has 1 unspecified atom stereocenters. The summed E-state index contributed by atoms with van der Waals surface area (Å²) in [4.78, 5) is 9.22. The van der Waals surface area contributed by atoms with Gasteiger partial charge in [-0.1, -0.05) is 146 Å². The molecule has 1 atom stereocenters. The average molecular weight is 743 g/mol. The summed E-state index contributed by atoms with van der Waals surface area (Å²) in [5.41, 5.74) is 10.1. The van der Waals surface area contributed by atoms with Crippen molar-refractivity contribution in [1.82, 2.24) is 14.5 Å². The molecule has 272 valence electrons. The van der Waals surface area contributed by atoms with Crippen LogP contribution in [0.5, 0.6) is 0 Å². The van der Waals surface area contributed by atoms with Gasteiger partial charge in [0.2, 0.25) is 0 Å². The Balaban J connectivity index is 1.14. The van der Waals surface area contributed by atoms with E-state index in [1.807, 2.05) is 0 Å².